The minimum absolute atomic E-state index is 0.308. The molecule has 1 saturated heterocycles. The molecule has 2 aromatic carbocycles. The Balaban J connectivity index is 1.23. The van der Waals surface area contributed by atoms with E-state index in [0.29, 0.717) is 12.8 Å². The number of hydrogen-bond acceptors (Lipinski definition) is 5. The van der Waals surface area contributed by atoms with Crippen LogP contribution in [-0.2, 0) is 13.0 Å². The van der Waals surface area contributed by atoms with Crippen molar-refractivity contribution >= 4 is 16.7 Å². The average molecular weight is 378 g/mol. The zero-order valence-electron chi connectivity index (χ0n) is 16.2. The van der Waals surface area contributed by atoms with Gasteiger partial charge < -0.3 is 24.1 Å². The second kappa shape index (κ2) is 7.40. The second-order valence-electron chi connectivity index (χ2n) is 7.78. The first-order chi connectivity index (χ1) is 13.7. The summed E-state index contributed by atoms with van der Waals surface area (Å²) in [4.78, 5) is 2.56. The van der Waals surface area contributed by atoms with E-state index >= 15 is 0 Å². The number of hydrogen-bond donors (Lipinski definition) is 1. The van der Waals surface area contributed by atoms with Crippen LogP contribution < -0.4 is 14.8 Å². The lowest BCUT2D eigenvalue weighted by Gasteiger charge is -2.19. The third kappa shape index (κ3) is 3.54. The quantitative estimate of drug-likeness (QED) is 0.668. The zero-order valence-corrected chi connectivity index (χ0v) is 16.2. The lowest BCUT2D eigenvalue weighted by Crippen LogP contribution is -2.28. The fraction of sp³-hybridized carbons (Fsp3) is 0.391. The molecular weight excluding hydrogens is 352 g/mol. The lowest BCUT2D eigenvalue weighted by molar-refractivity contribution is 0.174. The molecule has 2 aliphatic rings. The van der Waals surface area contributed by atoms with Gasteiger partial charge in [-0.3, -0.25) is 0 Å². The van der Waals surface area contributed by atoms with Gasteiger partial charge in [-0.1, -0.05) is 6.07 Å². The van der Waals surface area contributed by atoms with Gasteiger partial charge in [0.1, 0.15) is 11.3 Å². The summed E-state index contributed by atoms with van der Waals surface area (Å²) in [6, 6.07) is 15.2. The van der Waals surface area contributed by atoms with Gasteiger partial charge >= 0.3 is 0 Å². The van der Waals surface area contributed by atoms with Crippen molar-refractivity contribution < 1.29 is 13.9 Å². The Labute approximate surface area is 165 Å². The van der Waals surface area contributed by atoms with Gasteiger partial charge in [-0.05, 0) is 68.3 Å². The van der Waals surface area contributed by atoms with Crippen molar-refractivity contribution in [2.75, 3.05) is 25.2 Å². The highest BCUT2D eigenvalue weighted by Crippen LogP contribution is 2.33. The summed E-state index contributed by atoms with van der Waals surface area (Å²) in [7, 11) is 0. The van der Waals surface area contributed by atoms with Crippen LogP contribution in [0.4, 0.5) is 5.69 Å². The van der Waals surface area contributed by atoms with E-state index < -0.39 is 0 Å². The summed E-state index contributed by atoms with van der Waals surface area (Å²) in [5.74, 6) is 2.71. The van der Waals surface area contributed by atoms with Crippen LogP contribution in [0.3, 0.4) is 0 Å². The third-order valence-corrected chi connectivity index (χ3v) is 5.84. The van der Waals surface area contributed by atoms with Crippen LogP contribution in [0.5, 0.6) is 11.5 Å². The van der Waals surface area contributed by atoms with Crippen LogP contribution in [0.1, 0.15) is 31.1 Å². The van der Waals surface area contributed by atoms with Crippen molar-refractivity contribution in [3.63, 3.8) is 0 Å². The SMILES string of the molecule is CC1CCCN1CCc1cc2cc(NCc3ccc4c(c3)OCO4)ccc2o1. The van der Waals surface area contributed by atoms with Crippen LogP contribution in [-0.4, -0.2) is 30.8 Å². The van der Waals surface area contributed by atoms with Crippen LogP contribution in [0.25, 0.3) is 11.0 Å². The van der Waals surface area contributed by atoms with Gasteiger partial charge in [-0.2, -0.15) is 0 Å². The Morgan fingerprint density at radius 2 is 2.00 bits per heavy atom. The molecule has 0 bridgehead atoms. The largest absolute Gasteiger partial charge is 0.461 e. The Bertz CT molecular complexity index is 981. The minimum atomic E-state index is 0.308. The molecule has 5 nitrogen and oxygen atoms in total. The molecule has 0 radical (unpaired) electrons. The molecule has 2 aliphatic heterocycles. The minimum Gasteiger partial charge on any atom is -0.461 e. The van der Waals surface area contributed by atoms with Crippen molar-refractivity contribution in [1.82, 2.24) is 4.90 Å². The topological polar surface area (TPSA) is 46.9 Å². The standard InChI is InChI=1S/C23H26N2O3/c1-16-3-2-9-25(16)10-8-20-13-18-12-19(5-7-21(18)28-20)24-14-17-4-6-22-23(11-17)27-15-26-22/h4-7,11-13,16,24H,2-3,8-10,14-15H2,1H3. The van der Waals surface area contributed by atoms with Crippen LogP contribution in [0.2, 0.25) is 0 Å². The molecule has 1 aromatic heterocycles. The molecule has 5 heteroatoms. The van der Waals surface area contributed by atoms with Crippen molar-refractivity contribution in [2.45, 2.75) is 38.8 Å². The summed E-state index contributed by atoms with van der Waals surface area (Å²) in [6.45, 7) is 5.66. The highest BCUT2D eigenvalue weighted by atomic mass is 16.7. The Kier molecular flexibility index (Phi) is 4.61. The van der Waals surface area contributed by atoms with E-state index in [0.717, 1.165) is 59.0 Å². The van der Waals surface area contributed by atoms with Crippen molar-refractivity contribution in [3.8, 4) is 11.5 Å². The second-order valence-corrected chi connectivity index (χ2v) is 7.78. The highest BCUT2D eigenvalue weighted by Gasteiger charge is 2.20. The molecule has 146 valence electrons. The molecular formula is C23H26N2O3. The first kappa shape index (κ1) is 17.4. The summed E-state index contributed by atoms with van der Waals surface area (Å²) < 4.78 is 16.9. The highest BCUT2D eigenvalue weighted by molar-refractivity contribution is 5.82. The van der Waals surface area contributed by atoms with Crippen molar-refractivity contribution in [1.29, 1.82) is 0 Å². The molecule has 0 aliphatic carbocycles. The van der Waals surface area contributed by atoms with Crippen LogP contribution >= 0.6 is 0 Å². The summed E-state index contributed by atoms with van der Waals surface area (Å²) in [5, 5.41) is 4.64. The maximum absolute atomic E-state index is 6.05. The Morgan fingerprint density at radius 1 is 1.07 bits per heavy atom. The zero-order chi connectivity index (χ0) is 18.9. The van der Waals surface area contributed by atoms with E-state index in [1.54, 1.807) is 0 Å². The van der Waals surface area contributed by atoms with Crippen LogP contribution in [0, 0.1) is 0 Å². The Morgan fingerprint density at radius 3 is 2.89 bits per heavy atom. The van der Waals surface area contributed by atoms with E-state index in [1.807, 2.05) is 12.1 Å². The van der Waals surface area contributed by atoms with E-state index in [9.17, 15) is 0 Å². The number of nitrogens with one attached hydrogen (secondary N) is 1. The normalized spacial score (nSPS) is 18.8. The molecule has 1 atom stereocenters. The smallest absolute Gasteiger partial charge is 0.231 e. The summed E-state index contributed by atoms with van der Waals surface area (Å²) in [6.07, 6.45) is 3.61. The molecule has 1 N–H and O–H groups in total. The molecule has 1 unspecified atom stereocenters. The molecule has 28 heavy (non-hydrogen) atoms. The number of likely N-dealkylation sites (tertiary alicyclic amines) is 1. The third-order valence-electron chi connectivity index (χ3n) is 5.84. The van der Waals surface area contributed by atoms with Gasteiger partial charge in [-0.25, -0.2) is 0 Å². The van der Waals surface area contributed by atoms with Crippen molar-refractivity contribution in [3.05, 3.63) is 53.8 Å². The van der Waals surface area contributed by atoms with Gasteiger partial charge in [0.2, 0.25) is 6.79 Å². The van der Waals surface area contributed by atoms with E-state index in [1.165, 1.54) is 19.4 Å². The number of fused-ring (bicyclic) bond motifs is 2. The molecule has 1 fully saturated rings. The number of nitrogens with zero attached hydrogens (tertiary/aromatic N) is 1. The van der Waals surface area contributed by atoms with E-state index in [2.05, 4.69) is 47.5 Å². The molecule has 5 rings (SSSR count). The number of rotatable bonds is 6. The van der Waals surface area contributed by atoms with Crippen molar-refractivity contribution in [2.24, 2.45) is 0 Å². The molecule has 3 heterocycles. The lowest BCUT2D eigenvalue weighted by atomic mass is 10.2. The monoisotopic (exact) mass is 378 g/mol. The van der Waals surface area contributed by atoms with E-state index in [-0.39, 0.29) is 0 Å². The molecule has 0 spiro atoms. The first-order valence-electron chi connectivity index (χ1n) is 10.1. The number of anilines is 1. The number of ether oxygens (including phenoxy) is 2. The predicted molar refractivity (Wildman–Crippen MR) is 110 cm³/mol. The average Bonchev–Trinajstić information content (AvgIpc) is 3.43. The fourth-order valence-corrected chi connectivity index (χ4v) is 4.17. The fourth-order valence-electron chi connectivity index (χ4n) is 4.17. The predicted octanol–water partition coefficient (Wildman–Crippen LogP) is 4.80. The van der Waals surface area contributed by atoms with E-state index in [4.69, 9.17) is 13.9 Å². The van der Waals surface area contributed by atoms with Gasteiger partial charge in [0.25, 0.3) is 0 Å². The van der Waals surface area contributed by atoms with Gasteiger partial charge in [0.15, 0.2) is 11.5 Å². The number of benzene rings is 2. The Hall–Kier alpha value is -2.66. The maximum Gasteiger partial charge on any atom is 0.231 e. The van der Waals surface area contributed by atoms with Gasteiger partial charge in [-0.15, -0.1) is 0 Å². The van der Waals surface area contributed by atoms with Gasteiger partial charge in [0, 0.05) is 36.6 Å². The van der Waals surface area contributed by atoms with Crippen LogP contribution in [0.15, 0.2) is 46.9 Å². The molecule has 0 saturated carbocycles. The molecule has 3 aromatic rings. The number of furan rings is 1. The first-order valence-corrected chi connectivity index (χ1v) is 10.1. The maximum atomic E-state index is 6.05. The van der Waals surface area contributed by atoms with Gasteiger partial charge in [0.05, 0.1) is 0 Å². The summed E-state index contributed by atoms with van der Waals surface area (Å²) in [5.41, 5.74) is 3.21. The molecule has 0 amide bonds. The summed E-state index contributed by atoms with van der Waals surface area (Å²) >= 11 is 0.